The predicted molar refractivity (Wildman–Crippen MR) is 111 cm³/mol. The highest BCUT2D eigenvalue weighted by molar-refractivity contribution is 5.76. The SMILES string of the molecule is COCCC1(c2noc(-c3ccc(F)cc3)n2)CCN(C(=O)CCn2ccnc2)CC1. The van der Waals surface area contributed by atoms with Crippen LogP contribution in [0.1, 0.15) is 31.5 Å². The van der Waals surface area contributed by atoms with Crippen LogP contribution in [0, 0.1) is 5.82 Å². The van der Waals surface area contributed by atoms with E-state index in [1.54, 1.807) is 31.8 Å². The molecule has 0 atom stereocenters. The van der Waals surface area contributed by atoms with Gasteiger partial charge in [-0.25, -0.2) is 9.37 Å². The van der Waals surface area contributed by atoms with Gasteiger partial charge >= 0.3 is 0 Å². The van der Waals surface area contributed by atoms with Crippen LogP contribution in [-0.2, 0) is 21.5 Å². The summed E-state index contributed by atoms with van der Waals surface area (Å²) in [6.07, 6.45) is 7.93. The van der Waals surface area contributed by atoms with Crippen LogP contribution in [0.15, 0.2) is 47.5 Å². The number of rotatable bonds is 8. The van der Waals surface area contributed by atoms with Crippen LogP contribution in [0.2, 0.25) is 0 Å². The molecule has 0 aliphatic carbocycles. The molecule has 3 heterocycles. The maximum atomic E-state index is 13.2. The van der Waals surface area contributed by atoms with E-state index in [4.69, 9.17) is 9.26 Å². The standard InChI is InChI=1S/C22H26FN5O3/c1-30-15-9-22(21-25-20(31-26-21)17-2-4-18(23)5-3-17)7-12-28(13-8-22)19(29)6-11-27-14-10-24-16-27/h2-5,10,14,16H,6-9,11-13,15H2,1H3. The van der Waals surface area contributed by atoms with E-state index >= 15 is 0 Å². The normalized spacial score (nSPS) is 15.9. The summed E-state index contributed by atoms with van der Waals surface area (Å²) in [5.41, 5.74) is 0.355. The molecule has 9 heteroatoms. The highest BCUT2D eigenvalue weighted by Crippen LogP contribution is 2.38. The van der Waals surface area contributed by atoms with E-state index in [1.807, 2.05) is 15.7 Å². The molecule has 1 saturated heterocycles. The van der Waals surface area contributed by atoms with Crippen molar-refractivity contribution >= 4 is 5.91 Å². The van der Waals surface area contributed by atoms with E-state index in [1.165, 1.54) is 12.1 Å². The molecule has 8 nitrogen and oxygen atoms in total. The Morgan fingerprint density at radius 3 is 2.71 bits per heavy atom. The summed E-state index contributed by atoms with van der Waals surface area (Å²) in [4.78, 5) is 23.2. The molecular formula is C22H26FN5O3. The van der Waals surface area contributed by atoms with Crippen LogP contribution in [0.25, 0.3) is 11.5 Å². The lowest BCUT2D eigenvalue weighted by molar-refractivity contribution is -0.133. The number of amides is 1. The van der Waals surface area contributed by atoms with Crippen LogP contribution < -0.4 is 0 Å². The minimum absolute atomic E-state index is 0.133. The molecule has 31 heavy (non-hydrogen) atoms. The average Bonchev–Trinajstić information content (AvgIpc) is 3.50. The first-order valence-electron chi connectivity index (χ1n) is 10.4. The molecule has 0 spiro atoms. The van der Waals surface area contributed by atoms with Crippen molar-refractivity contribution in [1.29, 1.82) is 0 Å². The number of carbonyl (C=O) groups is 1. The first kappa shape index (κ1) is 21.2. The van der Waals surface area contributed by atoms with E-state index in [9.17, 15) is 9.18 Å². The number of hydrogen-bond acceptors (Lipinski definition) is 6. The van der Waals surface area contributed by atoms with Crippen molar-refractivity contribution in [1.82, 2.24) is 24.6 Å². The molecule has 2 aromatic heterocycles. The molecule has 0 radical (unpaired) electrons. The zero-order chi connectivity index (χ0) is 21.7. The molecule has 3 aromatic rings. The predicted octanol–water partition coefficient (Wildman–Crippen LogP) is 3.06. The number of aromatic nitrogens is 4. The molecular weight excluding hydrogens is 401 g/mol. The fraction of sp³-hybridized carbons (Fsp3) is 0.455. The third-order valence-electron chi connectivity index (χ3n) is 5.99. The molecule has 1 aliphatic heterocycles. The smallest absolute Gasteiger partial charge is 0.257 e. The summed E-state index contributed by atoms with van der Waals surface area (Å²) in [7, 11) is 1.67. The summed E-state index contributed by atoms with van der Waals surface area (Å²) >= 11 is 0. The number of hydrogen-bond donors (Lipinski definition) is 0. The molecule has 0 unspecified atom stereocenters. The van der Waals surface area contributed by atoms with Gasteiger partial charge in [-0.05, 0) is 43.5 Å². The first-order chi connectivity index (χ1) is 15.1. The summed E-state index contributed by atoms with van der Waals surface area (Å²) in [6.45, 7) is 2.45. The molecule has 0 N–H and O–H groups in total. The van der Waals surface area contributed by atoms with Crippen molar-refractivity contribution in [2.75, 3.05) is 26.8 Å². The van der Waals surface area contributed by atoms with Gasteiger partial charge in [0.05, 0.1) is 6.33 Å². The van der Waals surface area contributed by atoms with Crippen LogP contribution in [0.5, 0.6) is 0 Å². The van der Waals surface area contributed by atoms with Gasteiger partial charge in [0.1, 0.15) is 5.82 Å². The first-order valence-corrected chi connectivity index (χ1v) is 10.4. The van der Waals surface area contributed by atoms with Crippen molar-refractivity contribution in [2.45, 2.75) is 37.6 Å². The Bertz CT molecular complexity index is 979. The maximum Gasteiger partial charge on any atom is 0.257 e. The second-order valence-electron chi connectivity index (χ2n) is 7.88. The Labute approximate surface area is 180 Å². The molecule has 1 fully saturated rings. The number of imidazole rings is 1. The molecule has 164 valence electrons. The number of aryl methyl sites for hydroxylation is 1. The van der Waals surface area contributed by atoms with Crippen molar-refractivity contribution < 1.29 is 18.4 Å². The van der Waals surface area contributed by atoms with Crippen molar-refractivity contribution in [3.8, 4) is 11.5 Å². The molecule has 1 amide bonds. The quantitative estimate of drug-likeness (QED) is 0.549. The fourth-order valence-corrected chi connectivity index (χ4v) is 4.02. The lowest BCUT2D eigenvalue weighted by Crippen LogP contribution is -2.46. The van der Waals surface area contributed by atoms with Gasteiger partial charge in [-0.3, -0.25) is 4.79 Å². The Kier molecular flexibility index (Phi) is 6.41. The second-order valence-corrected chi connectivity index (χ2v) is 7.88. The molecule has 4 rings (SSSR count). The van der Waals surface area contributed by atoms with Crippen LogP contribution in [0.4, 0.5) is 4.39 Å². The fourth-order valence-electron chi connectivity index (χ4n) is 4.02. The van der Waals surface area contributed by atoms with Gasteiger partial charge in [0.15, 0.2) is 5.82 Å². The second kappa shape index (κ2) is 9.38. The number of likely N-dealkylation sites (tertiary alicyclic amines) is 1. The highest BCUT2D eigenvalue weighted by atomic mass is 19.1. The summed E-state index contributed by atoms with van der Waals surface area (Å²) in [6, 6.07) is 5.98. The zero-order valence-electron chi connectivity index (χ0n) is 17.5. The molecule has 0 saturated carbocycles. The monoisotopic (exact) mass is 427 g/mol. The average molecular weight is 427 g/mol. The third kappa shape index (κ3) is 4.82. The minimum Gasteiger partial charge on any atom is -0.385 e. The number of carbonyl (C=O) groups excluding carboxylic acids is 1. The number of nitrogens with zero attached hydrogens (tertiary/aromatic N) is 5. The lowest BCUT2D eigenvalue weighted by atomic mass is 9.75. The Morgan fingerprint density at radius 2 is 2.03 bits per heavy atom. The highest BCUT2D eigenvalue weighted by Gasteiger charge is 2.41. The molecule has 0 bridgehead atoms. The van der Waals surface area contributed by atoms with Crippen LogP contribution >= 0.6 is 0 Å². The maximum absolute atomic E-state index is 13.2. The van der Waals surface area contributed by atoms with Gasteiger partial charge in [-0.1, -0.05) is 5.16 Å². The third-order valence-corrected chi connectivity index (χ3v) is 5.99. The van der Waals surface area contributed by atoms with Gasteiger partial charge in [0.2, 0.25) is 5.91 Å². The van der Waals surface area contributed by atoms with Gasteiger partial charge in [0.25, 0.3) is 5.89 Å². The number of ether oxygens (including phenoxy) is 1. The van der Waals surface area contributed by atoms with Gasteiger partial charge in [0, 0.05) is 63.1 Å². The molecule has 1 aromatic carbocycles. The Balaban J connectivity index is 1.44. The zero-order valence-corrected chi connectivity index (χ0v) is 17.5. The summed E-state index contributed by atoms with van der Waals surface area (Å²) < 4.78 is 25.9. The van der Waals surface area contributed by atoms with E-state index < -0.39 is 0 Å². The van der Waals surface area contributed by atoms with E-state index in [-0.39, 0.29) is 17.1 Å². The van der Waals surface area contributed by atoms with E-state index in [2.05, 4.69) is 15.1 Å². The number of benzene rings is 1. The largest absolute Gasteiger partial charge is 0.385 e. The van der Waals surface area contributed by atoms with Crippen molar-refractivity contribution in [3.63, 3.8) is 0 Å². The van der Waals surface area contributed by atoms with E-state index in [0.29, 0.717) is 49.9 Å². The summed E-state index contributed by atoms with van der Waals surface area (Å²) in [5.74, 6) is 0.805. The number of piperidine rings is 1. The van der Waals surface area contributed by atoms with Gasteiger partial charge in [-0.15, -0.1) is 0 Å². The lowest BCUT2D eigenvalue weighted by Gasteiger charge is -2.39. The van der Waals surface area contributed by atoms with Crippen molar-refractivity contribution in [2.24, 2.45) is 0 Å². The topological polar surface area (TPSA) is 86.3 Å². The summed E-state index contributed by atoms with van der Waals surface area (Å²) in [5, 5.41) is 4.25. The van der Waals surface area contributed by atoms with Gasteiger partial charge < -0.3 is 18.7 Å². The van der Waals surface area contributed by atoms with E-state index in [0.717, 1.165) is 19.3 Å². The minimum atomic E-state index is -0.321. The Hall–Kier alpha value is -3.07. The van der Waals surface area contributed by atoms with Crippen molar-refractivity contribution in [3.05, 3.63) is 54.6 Å². The number of methoxy groups -OCH3 is 1. The van der Waals surface area contributed by atoms with Gasteiger partial charge in [-0.2, -0.15) is 4.98 Å². The number of halogens is 1. The van der Waals surface area contributed by atoms with Crippen LogP contribution in [-0.4, -0.2) is 57.3 Å². The molecule has 1 aliphatic rings. The Morgan fingerprint density at radius 1 is 1.26 bits per heavy atom. The van der Waals surface area contributed by atoms with Crippen LogP contribution in [0.3, 0.4) is 0 Å².